The largest absolute Gasteiger partial charge is 0.464 e. The summed E-state index contributed by atoms with van der Waals surface area (Å²) in [5.74, 6) is -0.924. The summed E-state index contributed by atoms with van der Waals surface area (Å²) in [4.78, 5) is 27.0. The van der Waals surface area contributed by atoms with E-state index >= 15 is 0 Å². The number of carbonyl (C=O) groups is 2. The fourth-order valence-corrected chi connectivity index (χ4v) is 2.38. The SMILES string of the molecule is CCc1c(C(=O)OC)[nH]c(C)c1C(=O)OCc1ccccc1. The molecule has 116 valence electrons. The van der Waals surface area contributed by atoms with Crippen molar-refractivity contribution in [2.24, 2.45) is 0 Å². The van der Waals surface area contributed by atoms with Crippen LogP contribution in [0.4, 0.5) is 0 Å². The highest BCUT2D eigenvalue weighted by atomic mass is 16.5. The van der Waals surface area contributed by atoms with E-state index in [0.29, 0.717) is 28.9 Å². The fraction of sp³-hybridized carbons (Fsp3) is 0.294. The van der Waals surface area contributed by atoms with Gasteiger partial charge in [-0.2, -0.15) is 0 Å². The summed E-state index contributed by atoms with van der Waals surface area (Å²) in [6, 6.07) is 9.45. The highest BCUT2D eigenvalue weighted by Crippen LogP contribution is 2.22. The van der Waals surface area contributed by atoms with Crippen molar-refractivity contribution < 1.29 is 19.1 Å². The van der Waals surface area contributed by atoms with Gasteiger partial charge in [0.25, 0.3) is 0 Å². The zero-order chi connectivity index (χ0) is 16.1. The third-order valence-corrected chi connectivity index (χ3v) is 3.45. The second kappa shape index (κ2) is 6.93. The Hall–Kier alpha value is -2.56. The lowest BCUT2D eigenvalue weighted by molar-refractivity contribution is 0.0471. The van der Waals surface area contributed by atoms with E-state index in [-0.39, 0.29) is 6.61 Å². The van der Waals surface area contributed by atoms with Crippen molar-refractivity contribution in [2.75, 3.05) is 7.11 Å². The summed E-state index contributed by atoms with van der Waals surface area (Å²) in [6.45, 7) is 3.81. The summed E-state index contributed by atoms with van der Waals surface area (Å²) < 4.78 is 10.1. The van der Waals surface area contributed by atoms with Gasteiger partial charge in [-0.1, -0.05) is 37.3 Å². The van der Waals surface area contributed by atoms with Crippen LogP contribution in [0.5, 0.6) is 0 Å². The number of aromatic nitrogens is 1. The monoisotopic (exact) mass is 301 g/mol. The lowest BCUT2D eigenvalue weighted by atomic mass is 10.1. The molecule has 5 nitrogen and oxygen atoms in total. The number of esters is 2. The van der Waals surface area contributed by atoms with E-state index in [9.17, 15) is 9.59 Å². The average molecular weight is 301 g/mol. The normalized spacial score (nSPS) is 10.3. The molecule has 5 heteroatoms. The number of aromatic amines is 1. The fourth-order valence-electron chi connectivity index (χ4n) is 2.38. The summed E-state index contributed by atoms with van der Waals surface area (Å²) in [5.41, 5.74) is 2.88. The van der Waals surface area contributed by atoms with Crippen LogP contribution in [0, 0.1) is 6.92 Å². The van der Waals surface area contributed by atoms with Gasteiger partial charge in [0.15, 0.2) is 0 Å². The molecule has 0 aliphatic heterocycles. The van der Waals surface area contributed by atoms with Gasteiger partial charge in [-0.05, 0) is 24.5 Å². The molecule has 0 atom stereocenters. The van der Waals surface area contributed by atoms with E-state index in [0.717, 1.165) is 5.56 Å². The van der Waals surface area contributed by atoms with Crippen LogP contribution in [0.2, 0.25) is 0 Å². The number of carbonyl (C=O) groups excluding carboxylic acids is 2. The number of benzene rings is 1. The standard InChI is InChI=1S/C17H19NO4/c1-4-13-14(11(2)18-15(13)17(20)21-3)16(19)22-10-12-8-6-5-7-9-12/h5-9,18H,4,10H2,1-3H3. The van der Waals surface area contributed by atoms with Gasteiger partial charge in [-0.3, -0.25) is 0 Å². The molecule has 0 radical (unpaired) electrons. The van der Waals surface area contributed by atoms with Gasteiger partial charge >= 0.3 is 11.9 Å². The Labute approximate surface area is 129 Å². The van der Waals surface area contributed by atoms with Crippen molar-refractivity contribution in [3.8, 4) is 0 Å². The maximum absolute atomic E-state index is 12.3. The minimum Gasteiger partial charge on any atom is -0.464 e. The molecule has 22 heavy (non-hydrogen) atoms. The van der Waals surface area contributed by atoms with Crippen molar-refractivity contribution in [1.29, 1.82) is 0 Å². The molecule has 0 bridgehead atoms. The Morgan fingerprint density at radius 1 is 1.14 bits per heavy atom. The molecule has 0 saturated heterocycles. The van der Waals surface area contributed by atoms with Gasteiger partial charge in [-0.25, -0.2) is 9.59 Å². The van der Waals surface area contributed by atoms with Crippen LogP contribution in [0.25, 0.3) is 0 Å². The van der Waals surface area contributed by atoms with E-state index in [1.54, 1.807) is 6.92 Å². The number of hydrogen-bond acceptors (Lipinski definition) is 4. The first-order chi connectivity index (χ1) is 10.6. The molecule has 2 rings (SSSR count). The number of methoxy groups -OCH3 is 1. The molecule has 0 saturated carbocycles. The Bertz CT molecular complexity index is 673. The van der Waals surface area contributed by atoms with Crippen molar-refractivity contribution in [1.82, 2.24) is 4.98 Å². The van der Waals surface area contributed by atoms with Crippen LogP contribution in [-0.4, -0.2) is 24.0 Å². The predicted molar refractivity (Wildman–Crippen MR) is 81.8 cm³/mol. The number of hydrogen-bond donors (Lipinski definition) is 1. The van der Waals surface area contributed by atoms with Gasteiger partial charge in [0.05, 0.1) is 12.7 Å². The zero-order valence-corrected chi connectivity index (χ0v) is 12.9. The maximum atomic E-state index is 12.3. The van der Waals surface area contributed by atoms with Crippen molar-refractivity contribution in [3.63, 3.8) is 0 Å². The van der Waals surface area contributed by atoms with E-state index in [1.165, 1.54) is 7.11 Å². The highest BCUT2D eigenvalue weighted by Gasteiger charge is 2.25. The summed E-state index contributed by atoms with van der Waals surface area (Å²) in [5, 5.41) is 0. The zero-order valence-electron chi connectivity index (χ0n) is 12.9. The Morgan fingerprint density at radius 3 is 2.41 bits per heavy atom. The highest BCUT2D eigenvalue weighted by molar-refractivity contribution is 5.98. The molecule has 1 aromatic carbocycles. The molecule has 0 spiro atoms. The summed E-state index contributed by atoms with van der Waals surface area (Å²) >= 11 is 0. The first-order valence-corrected chi connectivity index (χ1v) is 7.09. The van der Waals surface area contributed by atoms with E-state index in [1.807, 2.05) is 37.3 Å². The third kappa shape index (κ3) is 3.19. The van der Waals surface area contributed by atoms with Crippen LogP contribution in [0.3, 0.4) is 0 Å². The number of nitrogens with one attached hydrogen (secondary N) is 1. The van der Waals surface area contributed by atoms with Gasteiger partial charge < -0.3 is 14.5 Å². The van der Waals surface area contributed by atoms with Crippen LogP contribution in [0.1, 0.15) is 44.6 Å². The maximum Gasteiger partial charge on any atom is 0.354 e. The molecule has 0 amide bonds. The quantitative estimate of drug-likeness (QED) is 0.862. The number of ether oxygens (including phenoxy) is 2. The summed E-state index contributed by atoms with van der Waals surface area (Å²) in [6.07, 6.45) is 0.532. The molecule has 1 N–H and O–H groups in total. The molecular formula is C17H19NO4. The Morgan fingerprint density at radius 2 is 1.82 bits per heavy atom. The van der Waals surface area contributed by atoms with Crippen LogP contribution < -0.4 is 0 Å². The van der Waals surface area contributed by atoms with Crippen LogP contribution >= 0.6 is 0 Å². The molecule has 0 aliphatic carbocycles. The lowest BCUT2D eigenvalue weighted by Gasteiger charge is -2.07. The minimum atomic E-state index is -0.484. The van der Waals surface area contributed by atoms with Crippen LogP contribution in [0.15, 0.2) is 30.3 Å². The van der Waals surface area contributed by atoms with Gasteiger partial charge in [-0.15, -0.1) is 0 Å². The first kappa shape index (κ1) is 15.8. The van der Waals surface area contributed by atoms with Crippen molar-refractivity contribution in [2.45, 2.75) is 26.9 Å². The third-order valence-electron chi connectivity index (χ3n) is 3.45. The van der Waals surface area contributed by atoms with Crippen molar-refractivity contribution in [3.05, 3.63) is 58.4 Å². The predicted octanol–water partition coefficient (Wildman–Crippen LogP) is 3.03. The first-order valence-electron chi connectivity index (χ1n) is 7.09. The molecule has 1 aromatic heterocycles. The Kier molecular flexibility index (Phi) is 4.99. The van der Waals surface area contributed by atoms with Crippen LogP contribution in [-0.2, 0) is 22.5 Å². The van der Waals surface area contributed by atoms with Gasteiger partial charge in [0.2, 0.25) is 0 Å². The summed E-state index contributed by atoms with van der Waals surface area (Å²) in [7, 11) is 1.31. The smallest absolute Gasteiger partial charge is 0.354 e. The lowest BCUT2D eigenvalue weighted by Crippen LogP contribution is -2.10. The second-order valence-corrected chi connectivity index (χ2v) is 4.89. The number of aryl methyl sites for hydroxylation is 1. The Balaban J connectivity index is 2.22. The second-order valence-electron chi connectivity index (χ2n) is 4.89. The van der Waals surface area contributed by atoms with E-state index < -0.39 is 11.9 Å². The topological polar surface area (TPSA) is 68.4 Å². The molecule has 1 heterocycles. The molecule has 2 aromatic rings. The van der Waals surface area contributed by atoms with Gasteiger partial charge in [0.1, 0.15) is 12.3 Å². The molecular weight excluding hydrogens is 282 g/mol. The van der Waals surface area contributed by atoms with E-state index in [2.05, 4.69) is 4.98 Å². The average Bonchev–Trinajstić information content (AvgIpc) is 2.89. The number of rotatable bonds is 5. The van der Waals surface area contributed by atoms with Crippen molar-refractivity contribution >= 4 is 11.9 Å². The number of H-pyrrole nitrogens is 1. The molecule has 0 aliphatic rings. The van der Waals surface area contributed by atoms with Gasteiger partial charge in [0, 0.05) is 5.69 Å². The molecule has 0 unspecified atom stereocenters. The molecule has 0 fully saturated rings. The minimum absolute atomic E-state index is 0.195. The van der Waals surface area contributed by atoms with E-state index in [4.69, 9.17) is 9.47 Å².